The van der Waals surface area contributed by atoms with Crippen LogP contribution in [-0.4, -0.2) is 48.9 Å². The first-order valence-electron chi connectivity index (χ1n) is 12.1. The fourth-order valence-electron chi connectivity index (χ4n) is 5.90. The Labute approximate surface area is 194 Å². The molecule has 1 saturated carbocycles. The quantitative estimate of drug-likeness (QED) is 0.710. The molecule has 3 aliphatic rings. The zero-order valence-corrected chi connectivity index (χ0v) is 19.1. The van der Waals surface area contributed by atoms with Crippen LogP contribution in [0.15, 0.2) is 54.6 Å². The second kappa shape index (κ2) is 8.90. The van der Waals surface area contributed by atoms with Crippen LogP contribution in [0.2, 0.25) is 0 Å². The van der Waals surface area contributed by atoms with Crippen molar-refractivity contribution in [1.29, 1.82) is 0 Å². The second-order valence-corrected chi connectivity index (χ2v) is 10.0. The highest BCUT2D eigenvalue weighted by atomic mass is 19.1. The number of hydrogen-bond donors (Lipinski definition) is 2. The van der Waals surface area contributed by atoms with Gasteiger partial charge in [0.15, 0.2) is 0 Å². The maximum atomic E-state index is 13.4. The van der Waals surface area contributed by atoms with Crippen LogP contribution in [0.4, 0.5) is 4.39 Å². The van der Waals surface area contributed by atoms with Gasteiger partial charge in [0, 0.05) is 31.0 Å². The number of amides is 2. The highest BCUT2D eigenvalue weighted by Crippen LogP contribution is 2.48. The molecule has 2 aliphatic heterocycles. The van der Waals surface area contributed by atoms with Crippen LogP contribution in [0.1, 0.15) is 49.1 Å². The number of carbonyl (C=O) groups excluding carboxylic acids is 2. The molecule has 1 spiro atoms. The number of piperidine rings is 1. The molecule has 2 saturated heterocycles. The molecule has 5 rings (SSSR count). The van der Waals surface area contributed by atoms with Gasteiger partial charge in [-0.1, -0.05) is 42.5 Å². The lowest BCUT2D eigenvalue weighted by molar-refractivity contribution is -0.130. The number of hydrogen-bond acceptors (Lipinski definition) is 3. The van der Waals surface area contributed by atoms with Gasteiger partial charge in [0.25, 0.3) is 0 Å². The zero-order chi connectivity index (χ0) is 23.0. The fourth-order valence-corrected chi connectivity index (χ4v) is 5.90. The molecule has 0 aromatic heterocycles. The number of rotatable bonds is 6. The summed E-state index contributed by atoms with van der Waals surface area (Å²) >= 11 is 0. The minimum Gasteiger partial charge on any atom is -0.355 e. The highest BCUT2D eigenvalue weighted by Gasteiger charge is 2.52. The van der Waals surface area contributed by atoms with Crippen LogP contribution >= 0.6 is 0 Å². The third-order valence-electron chi connectivity index (χ3n) is 7.88. The first kappa shape index (κ1) is 22.1. The Hall–Kier alpha value is -2.73. The standard InChI is InChI=1S/C27H32FN3O2/c1-18(30-25(32)23-15-22(23)19-5-3-2-4-6-19)17-31-13-11-27(12-14-31)24(16-29-26(27)33)20-7-9-21(28)10-8-20/h2-10,18,22-24H,11-17H2,1H3,(H,29,33)(H,30,32)/t18-,22?,23?,24+/m0/s1. The number of halogens is 1. The number of nitrogens with one attached hydrogen (secondary N) is 2. The molecule has 3 fully saturated rings. The van der Waals surface area contributed by atoms with E-state index in [4.69, 9.17) is 0 Å². The van der Waals surface area contributed by atoms with Gasteiger partial charge in [-0.25, -0.2) is 4.39 Å². The van der Waals surface area contributed by atoms with E-state index in [9.17, 15) is 14.0 Å². The molecule has 2 aromatic rings. The molecule has 1 aliphatic carbocycles. The summed E-state index contributed by atoms with van der Waals surface area (Å²) in [5.74, 6) is 0.525. The second-order valence-electron chi connectivity index (χ2n) is 10.0. The van der Waals surface area contributed by atoms with Gasteiger partial charge in [0.2, 0.25) is 11.8 Å². The van der Waals surface area contributed by atoms with E-state index in [1.165, 1.54) is 17.7 Å². The van der Waals surface area contributed by atoms with E-state index in [0.29, 0.717) is 12.5 Å². The van der Waals surface area contributed by atoms with Gasteiger partial charge in [0.1, 0.15) is 5.82 Å². The minimum absolute atomic E-state index is 0.0638. The van der Waals surface area contributed by atoms with E-state index in [1.807, 2.05) is 30.3 Å². The predicted molar refractivity (Wildman–Crippen MR) is 125 cm³/mol. The molecular weight excluding hydrogens is 417 g/mol. The largest absolute Gasteiger partial charge is 0.355 e. The Kier molecular flexibility index (Phi) is 5.95. The summed E-state index contributed by atoms with van der Waals surface area (Å²) in [5, 5.41) is 6.26. The first-order chi connectivity index (χ1) is 16.0. The van der Waals surface area contributed by atoms with Crippen LogP contribution in [-0.2, 0) is 9.59 Å². The summed E-state index contributed by atoms with van der Waals surface area (Å²) in [5.41, 5.74) is 1.86. The molecule has 2 aromatic carbocycles. The molecule has 2 N–H and O–H groups in total. The summed E-state index contributed by atoms with van der Waals surface area (Å²) in [6.45, 7) is 5.10. The first-order valence-corrected chi connectivity index (χ1v) is 12.1. The van der Waals surface area contributed by atoms with E-state index in [1.54, 1.807) is 0 Å². The Morgan fingerprint density at radius 2 is 1.82 bits per heavy atom. The number of benzene rings is 2. The van der Waals surface area contributed by atoms with Gasteiger partial charge < -0.3 is 15.5 Å². The Morgan fingerprint density at radius 1 is 1.12 bits per heavy atom. The molecule has 2 amide bonds. The summed E-state index contributed by atoms with van der Waals surface area (Å²) in [4.78, 5) is 27.9. The van der Waals surface area contributed by atoms with Crippen LogP contribution in [0.5, 0.6) is 0 Å². The summed E-state index contributed by atoms with van der Waals surface area (Å²) in [6, 6.07) is 16.9. The normalized spacial score (nSPS) is 27.2. The zero-order valence-electron chi connectivity index (χ0n) is 19.1. The van der Waals surface area contributed by atoms with Crippen molar-refractivity contribution in [2.75, 3.05) is 26.2 Å². The molecule has 2 unspecified atom stereocenters. The third kappa shape index (κ3) is 4.41. The van der Waals surface area contributed by atoms with Gasteiger partial charge >= 0.3 is 0 Å². The van der Waals surface area contributed by atoms with Gasteiger partial charge in [-0.15, -0.1) is 0 Å². The monoisotopic (exact) mass is 449 g/mol. The third-order valence-corrected chi connectivity index (χ3v) is 7.88. The van der Waals surface area contributed by atoms with Crippen molar-refractivity contribution in [3.63, 3.8) is 0 Å². The number of nitrogens with zero attached hydrogens (tertiary/aromatic N) is 1. The lowest BCUT2D eigenvalue weighted by atomic mass is 9.68. The van der Waals surface area contributed by atoms with Crippen LogP contribution in [0.25, 0.3) is 0 Å². The predicted octanol–water partition coefficient (Wildman–Crippen LogP) is 3.43. The average molecular weight is 450 g/mol. The van der Waals surface area contributed by atoms with Gasteiger partial charge in [-0.2, -0.15) is 0 Å². The van der Waals surface area contributed by atoms with Crippen molar-refractivity contribution in [2.24, 2.45) is 11.3 Å². The Morgan fingerprint density at radius 3 is 2.52 bits per heavy atom. The summed E-state index contributed by atoms with van der Waals surface area (Å²) in [6.07, 6.45) is 2.48. The molecule has 33 heavy (non-hydrogen) atoms. The molecule has 5 nitrogen and oxygen atoms in total. The lowest BCUT2D eigenvalue weighted by Gasteiger charge is -2.41. The van der Waals surface area contributed by atoms with Crippen molar-refractivity contribution in [1.82, 2.24) is 15.5 Å². The summed E-state index contributed by atoms with van der Waals surface area (Å²) in [7, 11) is 0. The molecule has 6 heteroatoms. The van der Waals surface area contributed by atoms with E-state index >= 15 is 0 Å². The van der Waals surface area contributed by atoms with Gasteiger partial charge in [0.05, 0.1) is 5.41 Å². The average Bonchev–Trinajstić information content (AvgIpc) is 3.57. The van der Waals surface area contributed by atoms with Crippen LogP contribution in [0.3, 0.4) is 0 Å². The smallest absolute Gasteiger partial charge is 0.227 e. The van der Waals surface area contributed by atoms with E-state index in [-0.39, 0.29) is 35.5 Å². The minimum atomic E-state index is -0.419. The maximum Gasteiger partial charge on any atom is 0.227 e. The van der Waals surface area contributed by atoms with Crippen molar-refractivity contribution in [3.05, 3.63) is 71.5 Å². The maximum absolute atomic E-state index is 13.4. The van der Waals surface area contributed by atoms with Crippen molar-refractivity contribution < 1.29 is 14.0 Å². The Balaban J connectivity index is 1.14. The van der Waals surface area contributed by atoms with Crippen molar-refractivity contribution >= 4 is 11.8 Å². The number of likely N-dealkylation sites (tertiary alicyclic amines) is 1. The van der Waals surface area contributed by atoms with Crippen molar-refractivity contribution in [3.8, 4) is 0 Å². The SMILES string of the molecule is C[C@@H](CN1CCC2(CC1)C(=O)NC[C@@H]2c1ccc(F)cc1)NC(=O)C1CC1c1ccccc1. The van der Waals surface area contributed by atoms with Gasteiger partial charge in [-0.05, 0) is 68.5 Å². The molecule has 0 radical (unpaired) electrons. The van der Waals surface area contributed by atoms with E-state index in [0.717, 1.165) is 44.5 Å². The fraction of sp³-hybridized carbons (Fsp3) is 0.481. The van der Waals surface area contributed by atoms with Crippen molar-refractivity contribution in [2.45, 2.75) is 44.1 Å². The molecule has 4 atom stereocenters. The molecule has 2 heterocycles. The Bertz CT molecular complexity index is 1000. The van der Waals surface area contributed by atoms with Crippen LogP contribution < -0.4 is 10.6 Å². The van der Waals surface area contributed by atoms with E-state index in [2.05, 4.69) is 34.6 Å². The number of carbonyl (C=O) groups is 2. The highest BCUT2D eigenvalue weighted by molar-refractivity contribution is 5.86. The summed E-state index contributed by atoms with van der Waals surface area (Å²) < 4.78 is 13.4. The topological polar surface area (TPSA) is 61.4 Å². The van der Waals surface area contributed by atoms with Gasteiger partial charge in [-0.3, -0.25) is 9.59 Å². The molecular formula is C27H32FN3O2. The molecule has 0 bridgehead atoms. The lowest BCUT2D eigenvalue weighted by Crippen LogP contribution is -2.50. The van der Waals surface area contributed by atoms with Crippen LogP contribution in [0, 0.1) is 17.2 Å². The van der Waals surface area contributed by atoms with E-state index < -0.39 is 5.41 Å². The molecule has 174 valence electrons.